The van der Waals surface area contributed by atoms with Gasteiger partial charge in [0.2, 0.25) is 13.6 Å². The first-order chi connectivity index (χ1) is 16.3. The van der Waals surface area contributed by atoms with Gasteiger partial charge in [-0.3, -0.25) is 28.5 Å². The Bertz CT molecular complexity index is 1090. The average molecular weight is 538 g/mol. The first kappa shape index (κ1) is 29.0. The number of aromatic amines is 1. The molecular weight excluding hydrogens is 511 g/mol. The molecule has 0 saturated carbocycles. The highest BCUT2D eigenvalue weighted by molar-refractivity contribution is 7.71. The minimum atomic E-state index is -4.49. The molecule has 0 bridgehead atoms. The van der Waals surface area contributed by atoms with Gasteiger partial charge in [-0.25, -0.2) is 13.6 Å². The molecule has 16 heteroatoms. The highest BCUT2D eigenvalue weighted by Crippen LogP contribution is 2.54. The van der Waals surface area contributed by atoms with E-state index in [0.29, 0.717) is 0 Å². The number of nitrogens with zero attached hydrogens (tertiary/aromatic N) is 1. The zero-order valence-corrected chi connectivity index (χ0v) is 20.8. The van der Waals surface area contributed by atoms with Gasteiger partial charge in [-0.05, 0) is 30.8 Å². The molecule has 1 aromatic rings. The van der Waals surface area contributed by atoms with Gasteiger partial charge in [-0.15, -0.1) is 0 Å². The number of phosphoric ester groups is 1. The van der Waals surface area contributed by atoms with Crippen LogP contribution in [0.2, 0.25) is 0 Å². The molecule has 4 atom stereocenters. The number of aliphatic hydroxyl groups is 3. The van der Waals surface area contributed by atoms with Gasteiger partial charge in [0.25, 0.3) is 5.56 Å². The molecule has 0 aliphatic heterocycles. The fourth-order valence-electron chi connectivity index (χ4n) is 2.60. The number of nitrogens with one attached hydrogen (secondary N) is 1. The molecule has 0 fully saturated rings. The van der Waals surface area contributed by atoms with Crippen LogP contribution in [0.5, 0.6) is 0 Å². The van der Waals surface area contributed by atoms with Crippen molar-refractivity contribution in [2.24, 2.45) is 0 Å². The third-order valence-corrected chi connectivity index (χ3v) is 6.39. The lowest BCUT2D eigenvalue weighted by atomic mass is 9.94. The molecule has 4 N–H and O–H groups in total. The number of carbonyl (C=O) groups excluding carboxylic acids is 2. The molecule has 0 saturated heterocycles. The second-order valence-corrected chi connectivity index (χ2v) is 9.40. The monoisotopic (exact) mass is 538 g/mol. The van der Waals surface area contributed by atoms with Crippen LogP contribution in [-0.4, -0.2) is 68.2 Å². The largest absolute Gasteiger partial charge is 0.481 e. The molecule has 1 aliphatic rings. The van der Waals surface area contributed by atoms with Crippen LogP contribution in [0.1, 0.15) is 39.8 Å². The lowest BCUT2D eigenvalue weighted by Gasteiger charge is -2.34. The number of ether oxygens (including phenoxy) is 2. The maximum Gasteiger partial charge on any atom is 0.481 e. The van der Waals surface area contributed by atoms with Gasteiger partial charge in [-0.2, -0.15) is 0 Å². The van der Waals surface area contributed by atoms with Gasteiger partial charge in [-0.1, -0.05) is 13.8 Å². The standard InChI is InChI=1S/C19H27N2O12PS/c1-4-14(23)29-9-31-34(28,32-10-30-15(24)5-2)33-12-8-11(12)16(25)19(3,27)17(26)21-7-6-13(22)20-18(21)35/h6-8,12,16-17,25-27H,4-5,9-10H2,1-3H3,(H,20,22,35)/t12?,16-,17+,19+/m0/s1. The Morgan fingerprint density at radius 3 is 2.23 bits per heavy atom. The van der Waals surface area contributed by atoms with Crippen molar-refractivity contribution in [1.29, 1.82) is 0 Å². The number of rotatable bonds is 14. The molecule has 1 unspecified atom stereocenters. The predicted molar refractivity (Wildman–Crippen MR) is 119 cm³/mol. The van der Waals surface area contributed by atoms with Gasteiger partial charge in [0.1, 0.15) is 17.8 Å². The fraction of sp³-hybridized carbons (Fsp3) is 0.579. The third-order valence-electron chi connectivity index (χ3n) is 4.75. The second-order valence-electron chi connectivity index (χ2n) is 7.39. The van der Waals surface area contributed by atoms with Crippen molar-refractivity contribution in [1.82, 2.24) is 9.55 Å². The van der Waals surface area contributed by atoms with Crippen LogP contribution < -0.4 is 5.56 Å². The number of aromatic nitrogens is 2. The van der Waals surface area contributed by atoms with E-state index in [9.17, 15) is 34.3 Å². The molecule has 1 aromatic heterocycles. The Balaban J connectivity index is 2.07. The van der Waals surface area contributed by atoms with Gasteiger partial charge in [0, 0.05) is 25.1 Å². The van der Waals surface area contributed by atoms with E-state index in [1.165, 1.54) is 19.9 Å². The molecule has 0 spiro atoms. The lowest BCUT2D eigenvalue weighted by Crippen LogP contribution is -2.48. The topological polar surface area (TPSA) is 196 Å². The first-order valence-corrected chi connectivity index (χ1v) is 12.2. The maximum absolute atomic E-state index is 12.9. The van der Waals surface area contributed by atoms with Crippen molar-refractivity contribution in [3.05, 3.63) is 39.0 Å². The summed E-state index contributed by atoms with van der Waals surface area (Å²) in [4.78, 5) is 36.2. The molecule has 1 aliphatic carbocycles. The van der Waals surface area contributed by atoms with Crippen LogP contribution in [-0.2, 0) is 37.2 Å². The van der Waals surface area contributed by atoms with E-state index in [4.69, 9.17) is 25.8 Å². The van der Waals surface area contributed by atoms with E-state index in [-0.39, 0.29) is 23.2 Å². The normalized spacial score (nSPS) is 18.7. The van der Waals surface area contributed by atoms with E-state index in [0.717, 1.165) is 23.8 Å². The molecular formula is C19H27N2O12PS. The molecule has 1 heterocycles. The van der Waals surface area contributed by atoms with Crippen LogP contribution in [0.4, 0.5) is 0 Å². The van der Waals surface area contributed by atoms with Gasteiger partial charge in [0.05, 0.1) is 0 Å². The Morgan fingerprint density at radius 2 is 1.74 bits per heavy atom. The van der Waals surface area contributed by atoms with Crippen molar-refractivity contribution in [3.63, 3.8) is 0 Å². The Kier molecular flexibility index (Phi) is 10.1. The Labute approximate surface area is 204 Å². The molecule has 0 aromatic carbocycles. The number of hydrogen-bond acceptors (Lipinski definition) is 13. The summed E-state index contributed by atoms with van der Waals surface area (Å²) >= 11 is 4.96. The van der Waals surface area contributed by atoms with E-state index in [1.54, 1.807) is 0 Å². The number of phosphoric acid groups is 1. The molecule has 2 rings (SSSR count). The van der Waals surface area contributed by atoms with Gasteiger partial charge < -0.3 is 24.8 Å². The highest BCUT2D eigenvalue weighted by Gasteiger charge is 2.49. The fourth-order valence-corrected chi connectivity index (χ4v) is 3.88. The summed E-state index contributed by atoms with van der Waals surface area (Å²) in [6, 6.07) is 1.06. The van der Waals surface area contributed by atoms with Crippen molar-refractivity contribution in [2.45, 2.75) is 57.6 Å². The predicted octanol–water partition coefficient (Wildman–Crippen LogP) is 0.797. The van der Waals surface area contributed by atoms with E-state index in [1.807, 2.05) is 0 Å². The van der Waals surface area contributed by atoms with Crippen molar-refractivity contribution in [2.75, 3.05) is 13.6 Å². The summed E-state index contributed by atoms with van der Waals surface area (Å²) in [5, 5.41) is 32.0. The number of esters is 2. The zero-order chi connectivity index (χ0) is 26.4. The van der Waals surface area contributed by atoms with Crippen LogP contribution in [0, 0.1) is 4.77 Å². The molecule has 0 radical (unpaired) electrons. The third kappa shape index (κ3) is 7.88. The summed E-state index contributed by atoms with van der Waals surface area (Å²) in [6.45, 7) is 2.57. The quantitative estimate of drug-likeness (QED) is 0.0854. The smallest absolute Gasteiger partial charge is 0.438 e. The minimum absolute atomic E-state index is 0.00789. The van der Waals surface area contributed by atoms with E-state index in [2.05, 4.69) is 14.5 Å². The second kappa shape index (κ2) is 12.1. The van der Waals surface area contributed by atoms with Crippen molar-refractivity contribution < 1.29 is 52.5 Å². The summed E-state index contributed by atoms with van der Waals surface area (Å²) in [7, 11) is -4.49. The summed E-state index contributed by atoms with van der Waals surface area (Å²) in [6.07, 6.45) is -2.27. The minimum Gasteiger partial charge on any atom is -0.438 e. The van der Waals surface area contributed by atoms with Crippen molar-refractivity contribution >= 4 is 32.0 Å². The van der Waals surface area contributed by atoms with Crippen molar-refractivity contribution in [3.8, 4) is 0 Å². The Hall–Kier alpha value is -2.23. The maximum atomic E-state index is 12.9. The molecule has 35 heavy (non-hydrogen) atoms. The van der Waals surface area contributed by atoms with Crippen LogP contribution >= 0.6 is 20.0 Å². The highest BCUT2D eigenvalue weighted by atomic mass is 32.1. The van der Waals surface area contributed by atoms with Gasteiger partial charge in [0.15, 0.2) is 11.0 Å². The number of hydrogen-bond donors (Lipinski definition) is 4. The molecule has 14 nitrogen and oxygen atoms in total. The van der Waals surface area contributed by atoms with Gasteiger partial charge >= 0.3 is 19.8 Å². The lowest BCUT2D eigenvalue weighted by molar-refractivity contribution is -0.155. The summed E-state index contributed by atoms with van der Waals surface area (Å²) in [5.74, 6) is -1.30. The first-order valence-electron chi connectivity index (χ1n) is 10.3. The van der Waals surface area contributed by atoms with Crippen LogP contribution in [0.3, 0.4) is 0 Å². The van der Waals surface area contributed by atoms with E-state index < -0.39 is 62.9 Å². The average Bonchev–Trinajstić information content (AvgIpc) is 3.55. The zero-order valence-electron chi connectivity index (χ0n) is 19.1. The molecule has 196 valence electrons. The van der Waals surface area contributed by atoms with Crippen LogP contribution in [0.25, 0.3) is 0 Å². The molecule has 0 amide bonds. The number of aliphatic hydroxyl groups excluding tert-OH is 2. The van der Waals surface area contributed by atoms with Crippen LogP contribution in [0.15, 0.2) is 28.7 Å². The van der Waals surface area contributed by atoms with E-state index >= 15 is 0 Å². The summed E-state index contributed by atoms with van der Waals surface area (Å²) < 4.78 is 38.1. The number of H-pyrrole nitrogens is 1. The number of carbonyl (C=O) groups is 2. The SMILES string of the molecule is CCC(=O)OCOP(=O)(OCOC(=O)CC)OC1C=C1[C@H](O)[C@@](C)(O)[C@@H](O)n1ccc(=O)[nH]c1=S. The Morgan fingerprint density at radius 1 is 1.20 bits per heavy atom. The summed E-state index contributed by atoms with van der Waals surface area (Å²) in [5.41, 5.74) is -2.77.